The predicted molar refractivity (Wildman–Crippen MR) is 80.8 cm³/mol. The van der Waals surface area contributed by atoms with Crippen LogP contribution in [-0.2, 0) is 0 Å². The lowest BCUT2D eigenvalue weighted by Gasteiger charge is -2.04. The first-order chi connectivity index (χ1) is 9.16. The van der Waals surface area contributed by atoms with Crippen LogP contribution in [0.2, 0.25) is 5.02 Å². The summed E-state index contributed by atoms with van der Waals surface area (Å²) >= 11 is 9.50. The Hall–Kier alpha value is -1.12. The van der Waals surface area contributed by atoms with E-state index in [0.717, 1.165) is 10.9 Å². The number of carbonyl (C=O) groups excluding carboxylic acids is 1. The summed E-state index contributed by atoms with van der Waals surface area (Å²) in [6.45, 7) is 0. The number of rotatable bonds is 3. The normalized spacial score (nSPS) is 21.2. The largest absolute Gasteiger partial charge is 0.294 e. The van der Waals surface area contributed by atoms with Crippen molar-refractivity contribution in [2.45, 2.75) is 12.3 Å². The maximum absolute atomic E-state index is 12.5. The number of Topliss-reactive ketones (excluding diaryl/α,β-unsaturated/α-hetero) is 1. The predicted octanol–water partition coefficient (Wildman–Crippen LogP) is 5.09. The van der Waals surface area contributed by atoms with E-state index in [0.29, 0.717) is 16.5 Å². The topological polar surface area (TPSA) is 17.1 Å². The molecule has 1 aliphatic rings. The highest BCUT2D eigenvalue weighted by molar-refractivity contribution is 9.10. The summed E-state index contributed by atoms with van der Waals surface area (Å²) in [5, 5.41) is 0.534. The molecular formula is C16H12BrClO. The van der Waals surface area contributed by atoms with Gasteiger partial charge in [-0.05, 0) is 36.1 Å². The van der Waals surface area contributed by atoms with Gasteiger partial charge in [0.2, 0.25) is 0 Å². The molecule has 2 unspecified atom stereocenters. The molecule has 1 nitrogen and oxygen atoms in total. The van der Waals surface area contributed by atoms with E-state index < -0.39 is 0 Å². The molecule has 1 fully saturated rings. The maximum Gasteiger partial charge on any atom is 0.168 e. The zero-order valence-electron chi connectivity index (χ0n) is 10.1. The monoisotopic (exact) mass is 334 g/mol. The molecule has 96 valence electrons. The molecule has 0 spiro atoms. The minimum atomic E-state index is 0.0780. The van der Waals surface area contributed by atoms with Gasteiger partial charge in [0.15, 0.2) is 5.78 Å². The van der Waals surface area contributed by atoms with Crippen molar-refractivity contribution in [3.63, 3.8) is 0 Å². The smallest absolute Gasteiger partial charge is 0.168 e. The highest BCUT2D eigenvalue weighted by Crippen LogP contribution is 2.49. The summed E-state index contributed by atoms with van der Waals surface area (Å²) in [7, 11) is 0. The average Bonchev–Trinajstić information content (AvgIpc) is 3.22. The van der Waals surface area contributed by atoms with Gasteiger partial charge in [0.05, 0.1) is 5.02 Å². The first kappa shape index (κ1) is 12.9. The molecule has 0 bridgehead atoms. The Morgan fingerprint density at radius 2 is 1.89 bits per heavy atom. The fraction of sp³-hybridized carbons (Fsp3) is 0.188. The van der Waals surface area contributed by atoms with Crippen molar-refractivity contribution >= 4 is 33.3 Å². The van der Waals surface area contributed by atoms with Crippen LogP contribution in [0.4, 0.5) is 0 Å². The van der Waals surface area contributed by atoms with Gasteiger partial charge in [0.1, 0.15) is 0 Å². The zero-order valence-corrected chi connectivity index (χ0v) is 12.5. The highest BCUT2D eigenvalue weighted by Gasteiger charge is 2.44. The second kappa shape index (κ2) is 5.10. The zero-order chi connectivity index (χ0) is 13.4. The molecule has 0 aliphatic heterocycles. The first-order valence-electron chi connectivity index (χ1n) is 6.21. The van der Waals surface area contributed by atoms with Crippen molar-refractivity contribution < 1.29 is 4.79 Å². The van der Waals surface area contributed by atoms with Gasteiger partial charge in [-0.3, -0.25) is 4.79 Å². The Morgan fingerprint density at radius 3 is 2.63 bits per heavy atom. The van der Waals surface area contributed by atoms with Crippen molar-refractivity contribution in [1.29, 1.82) is 0 Å². The van der Waals surface area contributed by atoms with E-state index in [9.17, 15) is 4.79 Å². The van der Waals surface area contributed by atoms with Gasteiger partial charge >= 0.3 is 0 Å². The van der Waals surface area contributed by atoms with Crippen LogP contribution in [0.3, 0.4) is 0 Å². The molecule has 2 aromatic rings. The molecule has 19 heavy (non-hydrogen) atoms. The van der Waals surface area contributed by atoms with Gasteiger partial charge in [-0.15, -0.1) is 0 Å². The number of benzene rings is 2. The van der Waals surface area contributed by atoms with Gasteiger partial charge < -0.3 is 0 Å². The van der Waals surface area contributed by atoms with E-state index in [2.05, 4.69) is 28.1 Å². The Bertz CT molecular complexity index is 624. The SMILES string of the molecule is O=C(c1cc(Br)ccc1Cl)C1CC1c1ccccc1. The molecule has 2 atom stereocenters. The lowest BCUT2D eigenvalue weighted by molar-refractivity contribution is 0.0965. The summed E-state index contributed by atoms with van der Waals surface area (Å²) in [5.41, 5.74) is 1.87. The number of hydrogen-bond donors (Lipinski definition) is 0. The Kier molecular flexibility index (Phi) is 3.46. The molecular weight excluding hydrogens is 324 g/mol. The Balaban J connectivity index is 1.82. The van der Waals surface area contributed by atoms with Gasteiger partial charge in [0, 0.05) is 16.0 Å². The minimum absolute atomic E-state index is 0.0780. The lowest BCUT2D eigenvalue weighted by Crippen LogP contribution is -2.04. The number of carbonyl (C=O) groups is 1. The second-order valence-electron chi connectivity index (χ2n) is 4.85. The third kappa shape index (κ3) is 2.60. The molecule has 0 heterocycles. The van der Waals surface area contributed by atoms with Gasteiger partial charge in [-0.1, -0.05) is 57.9 Å². The van der Waals surface area contributed by atoms with E-state index in [1.807, 2.05) is 30.3 Å². The van der Waals surface area contributed by atoms with E-state index in [1.54, 1.807) is 6.07 Å². The molecule has 0 saturated heterocycles. The second-order valence-corrected chi connectivity index (χ2v) is 6.17. The van der Waals surface area contributed by atoms with Crippen molar-refractivity contribution in [3.05, 3.63) is 69.2 Å². The summed E-state index contributed by atoms with van der Waals surface area (Å²) in [6.07, 6.45) is 0.922. The van der Waals surface area contributed by atoms with Crippen LogP contribution in [-0.4, -0.2) is 5.78 Å². The molecule has 3 rings (SSSR count). The fourth-order valence-electron chi connectivity index (χ4n) is 2.44. The Labute approximate surface area is 125 Å². The van der Waals surface area contributed by atoms with Crippen molar-refractivity contribution in [3.8, 4) is 0 Å². The Morgan fingerprint density at radius 1 is 1.16 bits per heavy atom. The molecule has 1 saturated carbocycles. The van der Waals surface area contributed by atoms with E-state index in [4.69, 9.17) is 11.6 Å². The molecule has 2 aromatic carbocycles. The maximum atomic E-state index is 12.5. The van der Waals surface area contributed by atoms with Gasteiger partial charge in [-0.2, -0.15) is 0 Å². The summed E-state index contributed by atoms with van der Waals surface area (Å²) in [5.74, 6) is 0.582. The third-order valence-corrected chi connectivity index (χ3v) is 4.37. The van der Waals surface area contributed by atoms with Gasteiger partial charge in [-0.25, -0.2) is 0 Å². The van der Waals surface area contributed by atoms with Crippen molar-refractivity contribution in [2.24, 2.45) is 5.92 Å². The fourth-order valence-corrected chi connectivity index (χ4v) is 3.01. The molecule has 0 N–H and O–H groups in total. The van der Waals surface area contributed by atoms with Crippen LogP contribution in [0.25, 0.3) is 0 Å². The highest BCUT2D eigenvalue weighted by atomic mass is 79.9. The molecule has 0 aromatic heterocycles. The molecule has 1 aliphatic carbocycles. The standard InChI is InChI=1S/C16H12BrClO/c17-11-6-7-15(18)14(8-11)16(19)13-9-12(13)10-4-2-1-3-5-10/h1-8,12-13H,9H2. The quantitative estimate of drug-likeness (QED) is 0.714. The van der Waals surface area contributed by atoms with Crippen LogP contribution >= 0.6 is 27.5 Å². The van der Waals surface area contributed by atoms with E-state index >= 15 is 0 Å². The average molecular weight is 336 g/mol. The minimum Gasteiger partial charge on any atom is -0.294 e. The van der Waals surface area contributed by atoms with E-state index in [-0.39, 0.29) is 11.7 Å². The summed E-state index contributed by atoms with van der Waals surface area (Å²) < 4.78 is 0.886. The third-order valence-electron chi connectivity index (χ3n) is 3.55. The van der Waals surface area contributed by atoms with Crippen LogP contribution < -0.4 is 0 Å². The van der Waals surface area contributed by atoms with Crippen LogP contribution in [0.5, 0.6) is 0 Å². The van der Waals surface area contributed by atoms with Crippen LogP contribution in [0.15, 0.2) is 53.0 Å². The van der Waals surface area contributed by atoms with Crippen molar-refractivity contribution in [2.75, 3.05) is 0 Å². The number of halogens is 2. The summed E-state index contributed by atoms with van der Waals surface area (Å²) in [4.78, 5) is 12.5. The first-order valence-corrected chi connectivity index (χ1v) is 7.38. The summed E-state index contributed by atoms with van der Waals surface area (Å²) in [6, 6.07) is 15.6. The molecule has 0 amide bonds. The van der Waals surface area contributed by atoms with Crippen molar-refractivity contribution in [1.82, 2.24) is 0 Å². The lowest BCUT2D eigenvalue weighted by atomic mass is 10.0. The van der Waals surface area contributed by atoms with Gasteiger partial charge in [0.25, 0.3) is 0 Å². The molecule has 3 heteroatoms. The van der Waals surface area contributed by atoms with Crippen LogP contribution in [0, 0.1) is 5.92 Å². The van der Waals surface area contributed by atoms with Crippen LogP contribution in [0.1, 0.15) is 28.3 Å². The van der Waals surface area contributed by atoms with E-state index in [1.165, 1.54) is 5.56 Å². The molecule has 0 radical (unpaired) electrons. The number of hydrogen-bond acceptors (Lipinski definition) is 1. The number of ketones is 1.